The van der Waals surface area contributed by atoms with Gasteiger partial charge >= 0.3 is 5.97 Å². The average molecular weight is 230 g/mol. The molecule has 3 N–H and O–H groups in total. The molecule has 1 rings (SSSR count). The van der Waals surface area contributed by atoms with Crippen molar-refractivity contribution >= 4 is 17.6 Å². The number of hydrogen-bond acceptors (Lipinski definition) is 3. The minimum absolute atomic E-state index is 0.218. The first-order valence-electron chi connectivity index (χ1n) is 4.35. The Morgan fingerprint density at radius 3 is 2.87 bits per heavy atom. The molecule has 0 heterocycles. The maximum atomic E-state index is 10.6. The van der Waals surface area contributed by atoms with Crippen molar-refractivity contribution < 1.29 is 14.6 Å². The minimum Gasteiger partial charge on any atom is -0.496 e. The third-order valence-electron chi connectivity index (χ3n) is 2.01. The monoisotopic (exact) mass is 229 g/mol. The van der Waals surface area contributed by atoms with E-state index in [0.717, 1.165) is 5.56 Å². The Morgan fingerprint density at radius 1 is 1.67 bits per heavy atom. The summed E-state index contributed by atoms with van der Waals surface area (Å²) in [5.41, 5.74) is 6.16. The molecular weight excluding hydrogens is 218 g/mol. The molecule has 0 aliphatic heterocycles. The molecule has 0 aliphatic rings. The van der Waals surface area contributed by atoms with E-state index in [2.05, 4.69) is 0 Å². The van der Waals surface area contributed by atoms with E-state index < -0.39 is 12.0 Å². The van der Waals surface area contributed by atoms with E-state index in [4.69, 9.17) is 27.2 Å². The molecule has 82 valence electrons. The van der Waals surface area contributed by atoms with E-state index in [-0.39, 0.29) is 6.42 Å². The van der Waals surface area contributed by atoms with Crippen molar-refractivity contribution in [2.45, 2.75) is 12.5 Å². The molecule has 0 saturated carbocycles. The number of benzene rings is 1. The highest BCUT2D eigenvalue weighted by Gasteiger charge is 2.14. The summed E-state index contributed by atoms with van der Waals surface area (Å²) in [4.78, 5) is 10.6. The van der Waals surface area contributed by atoms with Gasteiger partial charge in [0.05, 0.1) is 7.11 Å². The number of rotatable bonds is 4. The second-order valence-corrected chi connectivity index (χ2v) is 3.54. The van der Waals surface area contributed by atoms with Crippen molar-refractivity contribution in [1.29, 1.82) is 0 Å². The summed E-state index contributed by atoms with van der Waals surface area (Å²) < 4.78 is 5.07. The van der Waals surface area contributed by atoms with Crippen LogP contribution >= 0.6 is 11.6 Å². The largest absolute Gasteiger partial charge is 0.496 e. The molecule has 5 heteroatoms. The lowest BCUT2D eigenvalue weighted by atomic mass is 10.1. The number of halogens is 1. The van der Waals surface area contributed by atoms with Crippen molar-refractivity contribution in [2.75, 3.05) is 7.11 Å². The van der Waals surface area contributed by atoms with Gasteiger partial charge in [0.1, 0.15) is 11.8 Å². The summed E-state index contributed by atoms with van der Waals surface area (Å²) in [7, 11) is 1.50. The molecule has 0 saturated heterocycles. The number of nitrogens with two attached hydrogens (primary N) is 1. The van der Waals surface area contributed by atoms with Gasteiger partial charge in [-0.15, -0.1) is 0 Å². The standard InChI is InChI=1S/C10H12ClNO3/c1-15-9-5-7(11)3-2-6(9)4-8(12)10(13)14/h2-3,5,8H,4,12H2,1H3,(H,13,14). The lowest BCUT2D eigenvalue weighted by Gasteiger charge is -2.11. The van der Waals surface area contributed by atoms with Gasteiger partial charge in [0.2, 0.25) is 0 Å². The van der Waals surface area contributed by atoms with Gasteiger partial charge in [0.15, 0.2) is 0 Å². The van der Waals surface area contributed by atoms with Gasteiger partial charge in [-0.05, 0) is 17.7 Å². The Balaban J connectivity index is 2.89. The Hall–Kier alpha value is -1.26. The lowest BCUT2D eigenvalue weighted by molar-refractivity contribution is -0.138. The molecule has 0 radical (unpaired) electrons. The average Bonchev–Trinajstić information content (AvgIpc) is 2.20. The Morgan fingerprint density at radius 2 is 2.33 bits per heavy atom. The van der Waals surface area contributed by atoms with Crippen LogP contribution < -0.4 is 10.5 Å². The molecular formula is C10H12ClNO3. The zero-order valence-corrected chi connectivity index (χ0v) is 8.99. The number of methoxy groups -OCH3 is 1. The van der Waals surface area contributed by atoms with Gasteiger partial charge in [-0.1, -0.05) is 17.7 Å². The third-order valence-corrected chi connectivity index (χ3v) is 2.24. The van der Waals surface area contributed by atoms with Crippen molar-refractivity contribution in [1.82, 2.24) is 0 Å². The van der Waals surface area contributed by atoms with Crippen LogP contribution in [0.4, 0.5) is 0 Å². The van der Waals surface area contributed by atoms with Gasteiger partial charge in [-0.3, -0.25) is 4.79 Å². The number of carbonyl (C=O) groups is 1. The van der Waals surface area contributed by atoms with Crippen molar-refractivity contribution in [3.05, 3.63) is 28.8 Å². The maximum absolute atomic E-state index is 10.6. The predicted molar refractivity (Wildman–Crippen MR) is 57.3 cm³/mol. The molecule has 0 amide bonds. The fraction of sp³-hybridized carbons (Fsp3) is 0.300. The smallest absolute Gasteiger partial charge is 0.320 e. The summed E-state index contributed by atoms with van der Waals surface area (Å²) in [5.74, 6) is -0.480. The minimum atomic E-state index is -1.04. The topological polar surface area (TPSA) is 72.5 Å². The quantitative estimate of drug-likeness (QED) is 0.817. The highest BCUT2D eigenvalue weighted by atomic mass is 35.5. The number of aliphatic carboxylic acids is 1. The van der Waals surface area contributed by atoms with Gasteiger partial charge in [-0.2, -0.15) is 0 Å². The van der Waals surface area contributed by atoms with Gasteiger partial charge in [0.25, 0.3) is 0 Å². The van der Waals surface area contributed by atoms with Gasteiger partial charge in [-0.25, -0.2) is 0 Å². The Kier molecular flexibility index (Phi) is 3.94. The number of ether oxygens (including phenoxy) is 1. The molecule has 1 aromatic rings. The molecule has 0 bridgehead atoms. The first-order chi connectivity index (χ1) is 7.04. The predicted octanol–water partition coefficient (Wildman–Crippen LogP) is 1.30. The molecule has 15 heavy (non-hydrogen) atoms. The van der Waals surface area contributed by atoms with Crippen LogP contribution in [0.3, 0.4) is 0 Å². The highest BCUT2D eigenvalue weighted by molar-refractivity contribution is 6.30. The maximum Gasteiger partial charge on any atom is 0.320 e. The molecule has 0 spiro atoms. The first-order valence-corrected chi connectivity index (χ1v) is 4.73. The van der Waals surface area contributed by atoms with E-state index in [1.54, 1.807) is 18.2 Å². The zero-order valence-electron chi connectivity index (χ0n) is 8.24. The second-order valence-electron chi connectivity index (χ2n) is 3.11. The van der Waals surface area contributed by atoms with Crippen LogP contribution in [0.15, 0.2) is 18.2 Å². The Bertz CT molecular complexity index is 368. The normalized spacial score (nSPS) is 12.2. The molecule has 0 aromatic heterocycles. The highest BCUT2D eigenvalue weighted by Crippen LogP contribution is 2.23. The van der Waals surface area contributed by atoms with Crippen molar-refractivity contribution in [3.63, 3.8) is 0 Å². The zero-order chi connectivity index (χ0) is 11.4. The third kappa shape index (κ3) is 3.11. The Labute approximate surface area is 92.6 Å². The van der Waals surface area contributed by atoms with E-state index in [1.807, 2.05) is 0 Å². The fourth-order valence-corrected chi connectivity index (χ4v) is 1.37. The summed E-state index contributed by atoms with van der Waals surface area (Å²) in [6.07, 6.45) is 0.218. The molecule has 1 atom stereocenters. The summed E-state index contributed by atoms with van der Waals surface area (Å²) in [6.45, 7) is 0. The summed E-state index contributed by atoms with van der Waals surface area (Å²) in [5, 5.41) is 9.21. The first kappa shape index (κ1) is 11.8. The molecule has 1 unspecified atom stereocenters. The summed E-state index contributed by atoms with van der Waals surface area (Å²) >= 11 is 5.77. The molecule has 0 aliphatic carbocycles. The van der Waals surface area contributed by atoms with Crippen LogP contribution in [0, 0.1) is 0 Å². The van der Waals surface area contributed by atoms with Crippen LogP contribution in [0.2, 0.25) is 5.02 Å². The van der Waals surface area contributed by atoms with E-state index in [0.29, 0.717) is 10.8 Å². The van der Waals surface area contributed by atoms with Crippen molar-refractivity contribution in [2.24, 2.45) is 5.73 Å². The van der Waals surface area contributed by atoms with E-state index >= 15 is 0 Å². The van der Waals surface area contributed by atoms with E-state index in [1.165, 1.54) is 7.11 Å². The van der Waals surface area contributed by atoms with Crippen LogP contribution in [0.1, 0.15) is 5.56 Å². The van der Waals surface area contributed by atoms with Crippen LogP contribution in [0.25, 0.3) is 0 Å². The lowest BCUT2D eigenvalue weighted by Crippen LogP contribution is -2.32. The number of carboxylic acids is 1. The molecule has 0 fully saturated rings. The molecule has 4 nitrogen and oxygen atoms in total. The number of hydrogen-bond donors (Lipinski definition) is 2. The SMILES string of the molecule is COc1cc(Cl)ccc1CC(N)C(=O)O. The van der Waals surface area contributed by atoms with Gasteiger partial charge in [0, 0.05) is 11.4 Å². The van der Waals surface area contributed by atoms with Crippen LogP contribution in [0.5, 0.6) is 5.75 Å². The molecule has 1 aromatic carbocycles. The number of carboxylic acid groups (broad SMARTS) is 1. The summed E-state index contributed by atoms with van der Waals surface area (Å²) in [6, 6.07) is 4.09. The van der Waals surface area contributed by atoms with Crippen molar-refractivity contribution in [3.8, 4) is 5.75 Å². The van der Waals surface area contributed by atoms with Gasteiger partial charge < -0.3 is 15.6 Å². The fourth-order valence-electron chi connectivity index (χ4n) is 1.21. The second kappa shape index (κ2) is 5.00. The van der Waals surface area contributed by atoms with E-state index in [9.17, 15) is 4.79 Å². The van der Waals surface area contributed by atoms with Crippen LogP contribution in [-0.2, 0) is 11.2 Å². The van der Waals surface area contributed by atoms with Crippen LogP contribution in [-0.4, -0.2) is 24.2 Å².